The number of nitrogen functional groups attached to an aromatic ring is 1. The van der Waals surface area contributed by atoms with E-state index < -0.39 is 0 Å². The van der Waals surface area contributed by atoms with Crippen molar-refractivity contribution >= 4 is 28.4 Å². The Morgan fingerprint density at radius 1 is 1.45 bits per heavy atom. The molecule has 0 amide bonds. The number of nitrogens with zero attached hydrogens (tertiary/aromatic N) is 2. The van der Waals surface area contributed by atoms with Crippen LogP contribution in [0.5, 0.6) is 0 Å². The molecule has 0 saturated heterocycles. The number of pyridine rings is 1. The lowest BCUT2D eigenvalue weighted by Crippen LogP contribution is -1.88. The molecule has 2 aromatic heterocycles. The van der Waals surface area contributed by atoms with Crippen LogP contribution in [0.3, 0.4) is 0 Å². The quantitative estimate of drug-likeness (QED) is 0.649. The highest BCUT2D eigenvalue weighted by Gasteiger charge is 2.06. The number of rotatable bonds is 0. The Bertz CT molecular complexity index is 362. The highest BCUT2D eigenvalue weighted by Crippen LogP contribution is 2.25. The summed E-state index contributed by atoms with van der Waals surface area (Å²) in [7, 11) is 0. The summed E-state index contributed by atoms with van der Waals surface area (Å²) in [6.45, 7) is 0. The molecular weight excluding hydrogens is 166 g/mol. The van der Waals surface area contributed by atoms with Crippen molar-refractivity contribution in [3.05, 3.63) is 17.4 Å². The average molecular weight is 170 g/mol. The maximum absolute atomic E-state index is 5.72. The zero-order valence-electron chi connectivity index (χ0n) is 5.41. The van der Waals surface area contributed by atoms with Gasteiger partial charge in [0.1, 0.15) is 10.8 Å². The van der Waals surface area contributed by atoms with E-state index in [9.17, 15) is 0 Å². The highest BCUT2D eigenvalue weighted by atomic mass is 35.5. The van der Waals surface area contributed by atoms with Gasteiger partial charge in [-0.2, -0.15) is 0 Å². The molecule has 0 radical (unpaired) electrons. The van der Waals surface area contributed by atoms with Crippen LogP contribution in [0.1, 0.15) is 0 Å². The second-order valence-corrected chi connectivity index (χ2v) is 2.47. The number of hydrogen-bond donors (Lipinski definition) is 1. The Morgan fingerprint density at radius 2 is 2.27 bits per heavy atom. The van der Waals surface area contributed by atoms with Gasteiger partial charge in [-0.15, -0.1) is 0 Å². The van der Waals surface area contributed by atoms with E-state index in [2.05, 4.69) is 10.1 Å². The molecule has 2 N–H and O–H groups in total. The van der Waals surface area contributed by atoms with Crippen LogP contribution in [-0.2, 0) is 0 Å². The maximum Gasteiger partial charge on any atom is 0.190 e. The van der Waals surface area contributed by atoms with Crippen molar-refractivity contribution in [3.8, 4) is 0 Å². The molecule has 0 aromatic carbocycles. The van der Waals surface area contributed by atoms with Crippen LogP contribution >= 0.6 is 11.6 Å². The first-order valence-corrected chi connectivity index (χ1v) is 3.31. The Kier molecular flexibility index (Phi) is 1.22. The third-order valence-corrected chi connectivity index (χ3v) is 1.65. The number of halogens is 1. The molecule has 0 unspecified atom stereocenters. The largest absolute Gasteiger partial charge is 0.383 e. The SMILES string of the molecule is Nc1ncc(Cl)c2oncc12. The van der Waals surface area contributed by atoms with Crippen LogP contribution in [0.15, 0.2) is 16.9 Å². The van der Waals surface area contributed by atoms with Gasteiger partial charge in [0.05, 0.1) is 17.8 Å². The Hall–Kier alpha value is -1.29. The summed E-state index contributed by atoms with van der Waals surface area (Å²) in [6.07, 6.45) is 2.92. The van der Waals surface area contributed by atoms with Crippen molar-refractivity contribution in [2.24, 2.45) is 0 Å². The third kappa shape index (κ3) is 0.832. The smallest absolute Gasteiger partial charge is 0.190 e. The molecule has 0 saturated carbocycles. The molecule has 4 nitrogen and oxygen atoms in total. The summed E-state index contributed by atoms with van der Waals surface area (Å²) in [5.74, 6) is 0.380. The lowest BCUT2D eigenvalue weighted by atomic mass is 10.3. The van der Waals surface area contributed by atoms with Gasteiger partial charge in [0.15, 0.2) is 5.58 Å². The number of hydrogen-bond acceptors (Lipinski definition) is 4. The second kappa shape index (κ2) is 2.10. The van der Waals surface area contributed by atoms with Gasteiger partial charge in [-0.05, 0) is 0 Å². The highest BCUT2D eigenvalue weighted by molar-refractivity contribution is 6.34. The lowest BCUT2D eigenvalue weighted by molar-refractivity contribution is 0.456. The van der Waals surface area contributed by atoms with Crippen molar-refractivity contribution in [1.82, 2.24) is 10.1 Å². The average Bonchev–Trinajstić information content (AvgIpc) is 2.45. The van der Waals surface area contributed by atoms with E-state index in [1.807, 2.05) is 0 Å². The van der Waals surface area contributed by atoms with Crippen molar-refractivity contribution in [3.63, 3.8) is 0 Å². The fourth-order valence-corrected chi connectivity index (χ4v) is 1.03. The summed E-state index contributed by atoms with van der Waals surface area (Å²) in [5.41, 5.74) is 5.99. The van der Waals surface area contributed by atoms with Gasteiger partial charge in [0.2, 0.25) is 0 Å². The van der Waals surface area contributed by atoms with Crippen molar-refractivity contribution < 1.29 is 4.52 Å². The predicted octanol–water partition coefficient (Wildman–Crippen LogP) is 1.46. The van der Waals surface area contributed by atoms with E-state index in [0.29, 0.717) is 21.8 Å². The fraction of sp³-hybridized carbons (Fsp3) is 0. The number of nitrogens with two attached hydrogens (primary N) is 1. The summed E-state index contributed by atoms with van der Waals surface area (Å²) in [6, 6.07) is 0. The number of fused-ring (bicyclic) bond motifs is 1. The molecule has 0 spiro atoms. The number of anilines is 1. The summed E-state index contributed by atoms with van der Waals surface area (Å²) < 4.78 is 4.83. The predicted molar refractivity (Wildman–Crippen MR) is 41.2 cm³/mol. The monoisotopic (exact) mass is 169 g/mol. The van der Waals surface area contributed by atoms with Gasteiger partial charge in [0, 0.05) is 0 Å². The minimum absolute atomic E-state index is 0.380. The minimum atomic E-state index is 0.380. The van der Waals surface area contributed by atoms with E-state index in [4.69, 9.17) is 21.9 Å². The topological polar surface area (TPSA) is 64.9 Å². The van der Waals surface area contributed by atoms with Crippen LogP contribution < -0.4 is 5.73 Å². The van der Waals surface area contributed by atoms with Crippen LogP contribution in [0, 0.1) is 0 Å². The van der Waals surface area contributed by atoms with Crippen LogP contribution in [-0.4, -0.2) is 10.1 Å². The van der Waals surface area contributed by atoms with Gasteiger partial charge >= 0.3 is 0 Å². The third-order valence-electron chi connectivity index (χ3n) is 1.38. The Balaban J connectivity index is 2.96. The molecule has 0 aliphatic carbocycles. The van der Waals surface area contributed by atoms with Crippen LogP contribution in [0.2, 0.25) is 5.02 Å². The molecule has 0 fully saturated rings. The first-order chi connectivity index (χ1) is 5.29. The molecule has 2 heterocycles. The van der Waals surface area contributed by atoms with Crippen molar-refractivity contribution in [2.45, 2.75) is 0 Å². The molecule has 2 rings (SSSR count). The number of aromatic nitrogens is 2. The molecule has 0 aliphatic heterocycles. The fourth-order valence-electron chi connectivity index (χ4n) is 0.849. The van der Waals surface area contributed by atoms with E-state index in [-0.39, 0.29) is 0 Å². The molecular formula is C6H4ClN3O. The Morgan fingerprint density at radius 3 is 3.00 bits per heavy atom. The van der Waals surface area contributed by atoms with E-state index in [1.165, 1.54) is 12.4 Å². The standard InChI is InChI=1S/C6H4ClN3O/c7-4-2-9-6(8)3-1-10-11-5(3)4/h1-2H,(H2,8,9). The van der Waals surface area contributed by atoms with E-state index in [1.54, 1.807) is 0 Å². The first kappa shape index (κ1) is 6.42. The second-order valence-electron chi connectivity index (χ2n) is 2.06. The van der Waals surface area contributed by atoms with Gasteiger partial charge < -0.3 is 10.3 Å². The normalized spacial score (nSPS) is 10.6. The zero-order valence-corrected chi connectivity index (χ0v) is 6.17. The van der Waals surface area contributed by atoms with Gasteiger partial charge in [-0.3, -0.25) is 0 Å². The molecule has 0 aliphatic rings. The van der Waals surface area contributed by atoms with Crippen molar-refractivity contribution in [2.75, 3.05) is 5.73 Å². The zero-order chi connectivity index (χ0) is 7.84. The van der Waals surface area contributed by atoms with Gasteiger partial charge in [0.25, 0.3) is 0 Å². The molecule has 11 heavy (non-hydrogen) atoms. The maximum atomic E-state index is 5.72. The van der Waals surface area contributed by atoms with Crippen LogP contribution in [0.4, 0.5) is 5.82 Å². The molecule has 0 atom stereocenters. The minimum Gasteiger partial charge on any atom is -0.383 e. The molecule has 56 valence electrons. The van der Waals surface area contributed by atoms with Crippen molar-refractivity contribution in [1.29, 1.82) is 0 Å². The Labute approximate surface area is 66.9 Å². The summed E-state index contributed by atoms with van der Waals surface area (Å²) in [5, 5.41) is 4.62. The van der Waals surface area contributed by atoms with Gasteiger partial charge in [-0.25, -0.2) is 4.98 Å². The van der Waals surface area contributed by atoms with Gasteiger partial charge in [-0.1, -0.05) is 16.8 Å². The molecule has 5 heteroatoms. The van der Waals surface area contributed by atoms with E-state index in [0.717, 1.165) is 0 Å². The first-order valence-electron chi connectivity index (χ1n) is 2.93. The molecule has 0 bridgehead atoms. The summed E-state index contributed by atoms with van der Waals surface area (Å²) in [4.78, 5) is 3.82. The molecule has 2 aromatic rings. The lowest BCUT2D eigenvalue weighted by Gasteiger charge is -1.92. The van der Waals surface area contributed by atoms with Crippen LogP contribution in [0.25, 0.3) is 11.0 Å². The summed E-state index contributed by atoms with van der Waals surface area (Å²) >= 11 is 5.72. The van der Waals surface area contributed by atoms with E-state index >= 15 is 0 Å².